The van der Waals surface area contributed by atoms with Crippen LogP contribution in [0.1, 0.15) is 17.9 Å². The summed E-state index contributed by atoms with van der Waals surface area (Å²) in [5, 5.41) is 0. The molecule has 130 valence electrons. The first-order valence-electron chi connectivity index (χ1n) is 8.62. The number of aromatic nitrogens is 1. The van der Waals surface area contributed by atoms with E-state index in [9.17, 15) is 4.79 Å². The molecule has 0 aliphatic rings. The number of aryl methyl sites for hydroxylation is 1. The third-order valence-corrected chi connectivity index (χ3v) is 4.16. The third kappa shape index (κ3) is 4.67. The van der Waals surface area contributed by atoms with Crippen molar-refractivity contribution in [1.82, 2.24) is 9.88 Å². The Hall–Kier alpha value is -2.66. The average Bonchev–Trinajstić information content (AvgIpc) is 3.07. The summed E-state index contributed by atoms with van der Waals surface area (Å²) in [6.07, 6.45) is 1.71. The van der Waals surface area contributed by atoms with E-state index in [-0.39, 0.29) is 5.91 Å². The van der Waals surface area contributed by atoms with Crippen LogP contribution in [0, 0.1) is 0 Å². The van der Waals surface area contributed by atoms with Gasteiger partial charge in [-0.25, -0.2) is 4.98 Å². The van der Waals surface area contributed by atoms with Crippen LogP contribution in [-0.4, -0.2) is 35.4 Å². The molecule has 0 aliphatic heterocycles. The fourth-order valence-corrected chi connectivity index (χ4v) is 2.82. The molecule has 0 unspecified atom stereocenters. The highest BCUT2D eigenvalue weighted by atomic mass is 16.3. The Labute approximate surface area is 147 Å². The van der Waals surface area contributed by atoms with Crippen molar-refractivity contribution in [3.63, 3.8) is 0 Å². The number of benzene rings is 2. The van der Waals surface area contributed by atoms with Gasteiger partial charge in [-0.1, -0.05) is 42.5 Å². The Kier molecular flexibility index (Phi) is 5.80. The van der Waals surface area contributed by atoms with Gasteiger partial charge in [0.15, 0.2) is 11.5 Å². The number of nitrogens with two attached hydrogens (primary N) is 1. The molecule has 2 aromatic carbocycles. The first kappa shape index (κ1) is 17.2. The fourth-order valence-electron chi connectivity index (χ4n) is 2.82. The molecule has 0 bridgehead atoms. The van der Waals surface area contributed by atoms with Crippen LogP contribution < -0.4 is 5.73 Å². The zero-order valence-electron chi connectivity index (χ0n) is 14.2. The summed E-state index contributed by atoms with van der Waals surface area (Å²) in [7, 11) is 0. The van der Waals surface area contributed by atoms with Gasteiger partial charge in [0.2, 0.25) is 5.91 Å². The van der Waals surface area contributed by atoms with Crippen molar-refractivity contribution in [3.8, 4) is 0 Å². The number of nitrogens with zero attached hydrogens (tertiary/aromatic N) is 2. The second-order valence-electron chi connectivity index (χ2n) is 5.98. The molecule has 5 nitrogen and oxygen atoms in total. The molecule has 3 aromatic rings. The summed E-state index contributed by atoms with van der Waals surface area (Å²) >= 11 is 0. The highest BCUT2D eigenvalue weighted by Crippen LogP contribution is 2.16. The highest BCUT2D eigenvalue weighted by molar-refractivity contribution is 5.76. The van der Waals surface area contributed by atoms with E-state index in [1.54, 1.807) is 0 Å². The summed E-state index contributed by atoms with van der Waals surface area (Å²) in [5.74, 6) is 0.689. The normalized spacial score (nSPS) is 10.9. The number of carbonyl (C=O) groups is 1. The van der Waals surface area contributed by atoms with Crippen LogP contribution in [0.2, 0.25) is 0 Å². The Morgan fingerprint density at radius 2 is 1.76 bits per heavy atom. The Morgan fingerprint density at radius 1 is 1.00 bits per heavy atom. The molecule has 3 rings (SSSR count). The first-order valence-corrected chi connectivity index (χ1v) is 8.62. The predicted octanol–water partition coefficient (Wildman–Crippen LogP) is 2.79. The van der Waals surface area contributed by atoms with Crippen molar-refractivity contribution in [2.75, 3.05) is 19.6 Å². The van der Waals surface area contributed by atoms with E-state index < -0.39 is 0 Å². The van der Waals surface area contributed by atoms with Gasteiger partial charge in [0.1, 0.15) is 5.52 Å². The molecule has 1 heterocycles. The van der Waals surface area contributed by atoms with E-state index in [1.807, 2.05) is 47.4 Å². The molecule has 25 heavy (non-hydrogen) atoms. The lowest BCUT2D eigenvalue weighted by atomic mass is 10.1. The molecule has 0 saturated heterocycles. The third-order valence-electron chi connectivity index (χ3n) is 4.16. The van der Waals surface area contributed by atoms with Crippen LogP contribution in [0.3, 0.4) is 0 Å². The van der Waals surface area contributed by atoms with Crippen molar-refractivity contribution in [2.45, 2.75) is 19.3 Å². The molecule has 0 fully saturated rings. The SMILES string of the molecule is NCCN(CCc1ccccc1)C(=O)CCc1nc2ccccc2o1. The van der Waals surface area contributed by atoms with E-state index in [4.69, 9.17) is 10.2 Å². The van der Waals surface area contributed by atoms with E-state index in [1.165, 1.54) is 5.56 Å². The van der Waals surface area contributed by atoms with Crippen LogP contribution in [0.25, 0.3) is 11.1 Å². The standard InChI is InChI=1S/C20H23N3O2/c21-13-15-23(14-12-16-6-2-1-3-7-16)20(24)11-10-19-22-17-8-4-5-9-18(17)25-19/h1-9H,10-15,21H2. The van der Waals surface area contributed by atoms with Crippen LogP contribution in [0.5, 0.6) is 0 Å². The number of hydrogen-bond donors (Lipinski definition) is 1. The van der Waals surface area contributed by atoms with Gasteiger partial charge in [-0.15, -0.1) is 0 Å². The Balaban J connectivity index is 1.56. The summed E-state index contributed by atoms with van der Waals surface area (Å²) < 4.78 is 5.68. The highest BCUT2D eigenvalue weighted by Gasteiger charge is 2.14. The zero-order valence-corrected chi connectivity index (χ0v) is 14.2. The zero-order chi connectivity index (χ0) is 17.5. The van der Waals surface area contributed by atoms with Crippen molar-refractivity contribution in [3.05, 3.63) is 66.1 Å². The second-order valence-corrected chi connectivity index (χ2v) is 5.98. The molecular formula is C20H23N3O2. The van der Waals surface area contributed by atoms with Crippen LogP contribution in [-0.2, 0) is 17.6 Å². The number of amides is 1. The largest absolute Gasteiger partial charge is 0.441 e. The molecule has 2 N–H and O–H groups in total. The number of para-hydroxylation sites is 2. The maximum atomic E-state index is 12.5. The summed E-state index contributed by atoms with van der Waals surface area (Å²) in [6, 6.07) is 17.8. The van der Waals surface area contributed by atoms with E-state index in [0.717, 1.165) is 17.5 Å². The molecule has 0 atom stereocenters. The fraction of sp³-hybridized carbons (Fsp3) is 0.300. The van der Waals surface area contributed by atoms with Gasteiger partial charge in [0.05, 0.1) is 0 Å². The topological polar surface area (TPSA) is 72.4 Å². The Bertz CT molecular complexity index is 781. The van der Waals surface area contributed by atoms with Gasteiger partial charge in [0, 0.05) is 32.5 Å². The molecule has 0 spiro atoms. The van der Waals surface area contributed by atoms with Gasteiger partial charge >= 0.3 is 0 Å². The smallest absolute Gasteiger partial charge is 0.223 e. The minimum Gasteiger partial charge on any atom is -0.441 e. The van der Waals surface area contributed by atoms with E-state index in [2.05, 4.69) is 17.1 Å². The van der Waals surface area contributed by atoms with Crippen molar-refractivity contribution >= 4 is 17.0 Å². The number of hydrogen-bond acceptors (Lipinski definition) is 4. The summed E-state index contributed by atoms with van der Waals surface area (Å²) in [5.41, 5.74) is 8.47. The van der Waals surface area contributed by atoms with Gasteiger partial charge in [0.25, 0.3) is 0 Å². The number of carbonyl (C=O) groups excluding carboxylic acids is 1. The molecule has 1 aromatic heterocycles. The van der Waals surface area contributed by atoms with Crippen LogP contribution in [0.15, 0.2) is 59.0 Å². The second kappa shape index (κ2) is 8.44. The van der Waals surface area contributed by atoms with Gasteiger partial charge in [-0.2, -0.15) is 0 Å². The lowest BCUT2D eigenvalue weighted by molar-refractivity contribution is -0.131. The monoisotopic (exact) mass is 337 g/mol. The lowest BCUT2D eigenvalue weighted by Gasteiger charge is -2.22. The van der Waals surface area contributed by atoms with Crippen molar-refractivity contribution in [2.24, 2.45) is 5.73 Å². The molecular weight excluding hydrogens is 314 g/mol. The molecule has 0 radical (unpaired) electrons. The maximum Gasteiger partial charge on any atom is 0.223 e. The summed E-state index contributed by atoms with van der Waals surface area (Å²) in [6.45, 7) is 1.70. The Morgan fingerprint density at radius 3 is 2.52 bits per heavy atom. The maximum absolute atomic E-state index is 12.5. The first-order chi connectivity index (χ1) is 12.3. The summed E-state index contributed by atoms with van der Waals surface area (Å²) in [4.78, 5) is 18.8. The van der Waals surface area contributed by atoms with E-state index in [0.29, 0.717) is 38.4 Å². The number of oxazole rings is 1. The lowest BCUT2D eigenvalue weighted by Crippen LogP contribution is -2.37. The minimum atomic E-state index is 0.0867. The average molecular weight is 337 g/mol. The van der Waals surface area contributed by atoms with Crippen LogP contribution in [0.4, 0.5) is 0 Å². The molecule has 1 amide bonds. The molecule has 5 heteroatoms. The number of rotatable bonds is 8. The quantitative estimate of drug-likeness (QED) is 0.686. The predicted molar refractivity (Wildman–Crippen MR) is 98.1 cm³/mol. The van der Waals surface area contributed by atoms with E-state index >= 15 is 0 Å². The van der Waals surface area contributed by atoms with Crippen molar-refractivity contribution in [1.29, 1.82) is 0 Å². The van der Waals surface area contributed by atoms with Gasteiger partial charge in [-0.3, -0.25) is 4.79 Å². The number of fused-ring (bicyclic) bond motifs is 1. The minimum absolute atomic E-state index is 0.0867. The van der Waals surface area contributed by atoms with Gasteiger partial charge in [-0.05, 0) is 24.1 Å². The van der Waals surface area contributed by atoms with Crippen LogP contribution >= 0.6 is 0 Å². The van der Waals surface area contributed by atoms with Crippen molar-refractivity contribution < 1.29 is 9.21 Å². The molecule has 0 aliphatic carbocycles. The van der Waals surface area contributed by atoms with Gasteiger partial charge < -0.3 is 15.1 Å². The molecule has 0 saturated carbocycles.